The third-order valence-corrected chi connectivity index (χ3v) is 6.33. The van der Waals surface area contributed by atoms with E-state index in [1.807, 2.05) is 29.2 Å². The fraction of sp³-hybridized carbons (Fsp3) is 0.316. The maximum absolute atomic E-state index is 12.7. The Labute approximate surface area is 158 Å². The van der Waals surface area contributed by atoms with Crippen LogP contribution in [0.4, 0.5) is 10.5 Å². The molecule has 0 radical (unpaired) electrons. The maximum atomic E-state index is 12.7. The van der Waals surface area contributed by atoms with Gasteiger partial charge in [0.2, 0.25) is 10.0 Å². The number of piperidine rings is 1. The number of anilines is 1. The minimum Gasteiger partial charge on any atom is -0.326 e. The first-order valence-electron chi connectivity index (χ1n) is 8.92. The van der Waals surface area contributed by atoms with Crippen LogP contribution in [-0.4, -0.2) is 44.5 Å². The van der Waals surface area contributed by atoms with Crippen LogP contribution in [0.5, 0.6) is 0 Å². The van der Waals surface area contributed by atoms with Crippen molar-refractivity contribution in [3.05, 3.63) is 48.5 Å². The fourth-order valence-electron chi connectivity index (χ4n) is 3.97. The van der Waals surface area contributed by atoms with E-state index in [0.29, 0.717) is 12.1 Å². The summed E-state index contributed by atoms with van der Waals surface area (Å²) >= 11 is 0. The monoisotopic (exact) mass is 386 g/mol. The highest BCUT2D eigenvalue weighted by atomic mass is 32.2. The second-order valence-corrected chi connectivity index (χ2v) is 8.58. The lowest BCUT2D eigenvalue weighted by molar-refractivity contribution is 0.175. The van der Waals surface area contributed by atoms with Crippen LogP contribution in [0.1, 0.15) is 12.8 Å². The number of amides is 2. The summed E-state index contributed by atoms with van der Waals surface area (Å²) in [6.45, 7) is 1.32. The molecule has 0 bridgehead atoms. The number of carbonyl (C=O) groups excluding carboxylic acids is 1. The number of urea groups is 1. The summed E-state index contributed by atoms with van der Waals surface area (Å²) in [5.74, 6) is 0. The lowest BCUT2D eigenvalue weighted by atomic mass is 9.98. The second-order valence-electron chi connectivity index (χ2n) is 7.05. The second kappa shape index (κ2) is 6.63. The normalized spacial score (nSPS) is 22.8. The summed E-state index contributed by atoms with van der Waals surface area (Å²) in [6, 6.07) is 13.9. The largest absolute Gasteiger partial charge is 0.326 e. The molecule has 4 rings (SSSR count). The predicted octanol–water partition coefficient (Wildman–Crippen LogP) is 1.73. The number of sulfonamides is 1. The molecule has 0 saturated carbocycles. The van der Waals surface area contributed by atoms with Gasteiger partial charge in [-0.2, -0.15) is 0 Å². The van der Waals surface area contributed by atoms with Gasteiger partial charge in [-0.3, -0.25) is 4.90 Å². The van der Waals surface area contributed by atoms with Crippen LogP contribution in [0.25, 0.3) is 11.1 Å². The Hall–Kier alpha value is -2.42. The lowest BCUT2D eigenvalue weighted by Crippen LogP contribution is -2.50. The highest BCUT2D eigenvalue weighted by Crippen LogP contribution is 2.32. The van der Waals surface area contributed by atoms with E-state index < -0.39 is 10.0 Å². The quantitative estimate of drug-likeness (QED) is 0.837. The van der Waals surface area contributed by atoms with Crippen LogP contribution < -0.4 is 15.8 Å². The Kier molecular flexibility index (Phi) is 4.41. The number of benzene rings is 2. The maximum Gasteiger partial charge on any atom is 0.324 e. The lowest BCUT2D eigenvalue weighted by Gasteiger charge is -2.32. The van der Waals surface area contributed by atoms with Gasteiger partial charge < -0.3 is 10.6 Å². The van der Waals surface area contributed by atoms with E-state index in [2.05, 4.69) is 0 Å². The van der Waals surface area contributed by atoms with Gasteiger partial charge in [-0.05, 0) is 36.6 Å². The van der Waals surface area contributed by atoms with Crippen LogP contribution >= 0.6 is 0 Å². The van der Waals surface area contributed by atoms with Gasteiger partial charge >= 0.3 is 6.03 Å². The molecule has 4 N–H and O–H groups in total. The van der Waals surface area contributed by atoms with E-state index in [-0.39, 0.29) is 23.0 Å². The molecule has 0 unspecified atom stereocenters. The van der Waals surface area contributed by atoms with Gasteiger partial charge in [0.1, 0.15) is 0 Å². The molecule has 2 amide bonds. The molecular formula is C19H22N4O3S. The smallest absolute Gasteiger partial charge is 0.324 e. The molecule has 2 fully saturated rings. The molecule has 27 heavy (non-hydrogen) atoms. The number of carbonyl (C=O) groups is 1. The average molecular weight is 386 g/mol. The zero-order valence-electron chi connectivity index (χ0n) is 14.8. The van der Waals surface area contributed by atoms with Crippen LogP contribution in [0.2, 0.25) is 0 Å². The number of rotatable bonds is 3. The van der Waals surface area contributed by atoms with Crippen molar-refractivity contribution >= 4 is 21.7 Å². The summed E-state index contributed by atoms with van der Waals surface area (Å²) in [6.07, 6.45) is 1.87. The number of primary sulfonamides is 1. The standard InChI is InChI=1S/C19H22N4O3S/c20-16-5-3-11-22-17(16)12-23(19(22)24)14-9-7-13(8-10-14)15-4-1-2-6-18(15)27(21,25)26/h1-2,4,6-10,16-17H,3,5,11-12,20H2,(H2,21,25,26)/t16-,17-/m1/s1. The van der Waals surface area contributed by atoms with Crippen molar-refractivity contribution in [3.8, 4) is 11.1 Å². The molecule has 2 aliphatic heterocycles. The molecule has 2 aliphatic rings. The van der Waals surface area contributed by atoms with Crippen molar-refractivity contribution in [2.45, 2.75) is 29.8 Å². The number of nitrogens with two attached hydrogens (primary N) is 2. The summed E-state index contributed by atoms with van der Waals surface area (Å²) in [4.78, 5) is 16.4. The molecule has 7 nitrogen and oxygen atoms in total. The highest BCUT2D eigenvalue weighted by molar-refractivity contribution is 7.89. The first kappa shape index (κ1) is 18.0. The molecule has 2 aromatic carbocycles. The van der Waals surface area contributed by atoms with E-state index in [4.69, 9.17) is 10.9 Å². The van der Waals surface area contributed by atoms with E-state index in [9.17, 15) is 13.2 Å². The van der Waals surface area contributed by atoms with Crippen LogP contribution in [0, 0.1) is 0 Å². The van der Waals surface area contributed by atoms with Crippen molar-refractivity contribution in [3.63, 3.8) is 0 Å². The molecule has 2 atom stereocenters. The number of hydrogen-bond donors (Lipinski definition) is 2. The topological polar surface area (TPSA) is 110 Å². The summed E-state index contributed by atoms with van der Waals surface area (Å²) in [7, 11) is -3.82. The van der Waals surface area contributed by atoms with Gasteiger partial charge in [0.15, 0.2) is 0 Å². The number of hydrogen-bond acceptors (Lipinski definition) is 4. The van der Waals surface area contributed by atoms with Crippen molar-refractivity contribution in [1.82, 2.24) is 4.90 Å². The zero-order valence-corrected chi connectivity index (χ0v) is 15.6. The highest BCUT2D eigenvalue weighted by Gasteiger charge is 2.42. The SMILES string of the molecule is N[C@@H]1CCCN2C(=O)N(c3ccc(-c4ccccc4S(N)(=O)=O)cc3)C[C@H]12. The van der Waals surface area contributed by atoms with Crippen molar-refractivity contribution in [2.75, 3.05) is 18.0 Å². The first-order valence-corrected chi connectivity index (χ1v) is 10.5. The molecule has 8 heteroatoms. The van der Waals surface area contributed by atoms with Crippen molar-refractivity contribution in [1.29, 1.82) is 0 Å². The van der Waals surface area contributed by atoms with E-state index in [1.54, 1.807) is 23.1 Å². The molecule has 0 aromatic heterocycles. The van der Waals surface area contributed by atoms with E-state index in [1.165, 1.54) is 6.07 Å². The van der Waals surface area contributed by atoms with Crippen LogP contribution in [-0.2, 0) is 10.0 Å². The Bertz CT molecular complexity index is 975. The number of nitrogens with zero attached hydrogens (tertiary/aromatic N) is 2. The first-order chi connectivity index (χ1) is 12.9. The Morgan fingerprint density at radius 3 is 2.41 bits per heavy atom. The van der Waals surface area contributed by atoms with Gasteiger partial charge in [0.05, 0.1) is 10.9 Å². The fourth-order valence-corrected chi connectivity index (χ4v) is 4.73. The minimum atomic E-state index is -3.82. The van der Waals surface area contributed by atoms with Crippen molar-refractivity contribution in [2.24, 2.45) is 10.9 Å². The summed E-state index contributed by atoms with van der Waals surface area (Å²) in [5.41, 5.74) is 8.23. The average Bonchev–Trinajstić information content (AvgIpc) is 3.00. The summed E-state index contributed by atoms with van der Waals surface area (Å²) in [5, 5.41) is 5.32. The molecular weight excluding hydrogens is 364 g/mol. The third-order valence-electron chi connectivity index (χ3n) is 5.36. The minimum absolute atomic E-state index is 0.00797. The van der Waals surface area contributed by atoms with Gasteiger partial charge in [-0.1, -0.05) is 30.3 Å². The van der Waals surface area contributed by atoms with E-state index >= 15 is 0 Å². The van der Waals surface area contributed by atoms with E-state index in [0.717, 1.165) is 30.6 Å². The van der Waals surface area contributed by atoms with Gasteiger partial charge in [0, 0.05) is 30.4 Å². The Morgan fingerprint density at radius 2 is 1.74 bits per heavy atom. The molecule has 0 aliphatic carbocycles. The van der Waals surface area contributed by atoms with Crippen LogP contribution in [0.15, 0.2) is 53.4 Å². The van der Waals surface area contributed by atoms with Crippen LogP contribution in [0.3, 0.4) is 0 Å². The predicted molar refractivity (Wildman–Crippen MR) is 104 cm³/mol. The molecule has 142 valence electrons. The zero-order chi connectivity index (χ0) is 19.2. The Balaban J connectivity index is 1.64. The molecule has 2 aromatic rings. The molecule has 2 heterocycles. The van der Waals surface area contributed by atoms with Gasteiger partial charge in [-0.25, -0.2) is 18.4 Å². The third kappa shape index (κ3) is 3.20. The number of fused-ring (bicyclic) bond motifs is 1. The molecule has 0 spiro atoms. The Morgan fingerprint density at radius 1 is 1.04 bits per heavy atom. The van der Waals surface area contributed by atoms with Gasteiger partial charge in [0.25, 0.3) is 0 Å². The van der Waals surface area contributed by atoms with Crippen molar-refractivity contribution < 1.29 is 13.2 Å². The molecule has 2 saturated heterocycles. The van der Waals surface area contributed by atoms with Gasteiger partial charge in [-0.15, -0.1) is 0 Å². The summed E-state index contributed by atoms with van der Waals surface area (Å²) < 4.78 is 23.7.